The van der Waals surface area contributed by atoms with Gasteiger partial charge in [-0.05, 0) is 24.1 Å². The third-order valence-electron chi connectivity index (χ3n) is 2.04. The van der Waals surface area contributed by atoms with Crippen molar-refractivity contribution in [2.75, 3.05) is 6.54 Å². The molecule has 0 heterocycles. The Morgan fingerprint density at radius 3 is 2.69 bits per heavy atom. The summed E-state index contributed by atoms with van der Waals surface area (Å²) in [6.07, 6.45) is 0.132. The van der Waals surface area contributed by atoms with E-state index >= 15 is 0 Å². The van der Waals surface area contributed by atoms with Crippen LogP contribution >= 0.6 is 11.6 Å². The van der Waals surface area contributed by atoms with Gasteiger partial charge in [-0.2, -0.15) is 0 Å². The summed E-state index contributed by atoms with van der Waals surface area (Å²) in [5.41, 5.74) is 1.70. The van der Waals surface area contributed by atoms with Crippen LogP contribution in [0.1, 0.15) is 11.1 Å². The Balaban J connectivity index is 2.56. The number of halogens is 1. The topological polar surface area (TPSA) is 66.4 Å². The summed E-state index contributed by atoms with van der Waals surface area (Å²) in [4.78, 5) is 21.5. The molecule has 86 valence electrons. The number of carbonyl (C=O) groups is 2. The van der Waals surface area contributed by atoms with Crippen molar-refractivity contribution in [2.45, 2.75) is 13.3 Å². The Labute approximate surface area is 98.2 Å². The molecule has 1 aromatic rings. The molecular formula is C11H12ClNO3. The van der Waals surface area contributed by atoms with Gasteiger partial charge in [-0.1, -0.05) is 23.7 Å². The van der Waals surface area contributed by atoms with Crippen molar-refractivity contribution >= 4 is 23.5 Å². The molecule has 16 heavy (non-hydrogen) atoms. The van der Waals surface area contributed by atoms with Gasteiger partial charge < -0.3 is 10.4 Å². The SMILES string of the molecule is Cc1ccc(CC(=O)NCC(=O)O)cc1Cl. The lowest BCUT2D eigenvalue weighted by atomic mass is 10.1. The van der Waals surface area contributed by atoms with Crippen LogP contribution in [0.2, 0.25) is 5.02 Å². The lowest BCUT2D eigenvalue weighted by Crippen LogP contribution is -2.30. The van der Waals surface area contributed by atoms with Crippen LogP contribution in [0.25, 0.3) is 0 Å². The van der Waals surface area contributed by atoms with Gasteiger partial charge in [0.05, 0.1) is 6.42 Å². The molecule has 0 saturated heterocycles. The van der Waals surface area contributed by atoms with E-state index in [0.29, 0.717) is 5.02 Å². The van der Waals surface area contributed by atoms with E-state index in [1.165, 1.54) is 0 Å². The molecule has 0 fully saturated rings. The summed E-state index contributed by atoms with van der Waals surface area (Å²) in [7, 11) is 0. The summed E-state index contributed by atoms with van der Waals surface area (Å²) >= 11 is 5.90. The largest absolute Gasteiger partial charge is 0.480 e. The first-order chi connectivity index (χ1) is 7.49. The fourth-order valence-electron chi connectivity index (χ4n) is 1.17. The molecule has 0 unspecified atom stereocenters. The molecule has 0 radical (unpaired) electrons. The quantitative estimate of drug-likeness (QED) is 0.837. The maximum atomic E-state index is 11.3. The second kappa shape index (κ2) is 5.51. The molecule has 5 heteroatoms. The number of aryl methyl sites for hydroxylation is 1. The van der Waals surface area contributed by atoms with Crippen LogP contribution in [0, 0.1) is 6.92 Å². The van der Waals surface area contributed by atoms with Gasteiger partial charge in [0.15, 0.2) is 0 Å². The number of hydrogen-bond donors (Lipinski definition) is 2. The average Bonchev–Trinajstić information content (AvgIpc) is 2.21. The van der Waals surface area contributed by atoms with E-state index in [2.05, 4.69) is 5.32 Å². The van der Waals surface area contributed by atoms with Crippen LogP contribution in [0.4, 0.5) is 0 Å². The standard InChI is InChI=1S/C11H12ClNO3/c1-7-2-3-8(4-9(7)12)5-10(14)13-6-11(15)16/h2-4H,5-6H2,1H3,(H,13,14)(H,15,16). The zero-order valence-corrected chi connectivity index (χ0v) is 9.54. The van der Waals surface area contributed by atoms with Gasteiger partial charge in [0.25, 0.3) is 0 Å². The monoisotopic (exact) mass is 241 g/mol. The van der Waals surface area contributed by atoms with Crippen molar-refractivity contribution in [2.24, 2.45) is 0 Å². The normalized spacial score (nSPS) is 9.88. The lowest BCUT2D eigenvalue weighted by Gasteiger charge is -2.04. The molecule has 0 aromatic heterocycles. The minimum Gasteiger partial charge on any atom is -0.480 e. The van der Waals surface area contributed by atoms with E-state index in [1.807, 2.05) is 13.0 Å². The summed E-state index contributed by atoms with van der Waals surface area (Å²) in [5.74, 6) is -1.39. The molecular weight excluding hydrogens is 230 g/mol. The van der Waals surface area contributed by atoms with Crippen LogP contribution in [0.3, 0.4) is 0 Å². The lowest BCUT2D eigenvalue weighted by molar-refractivity contribution is -0.137. The highest BCUT2D eigenvalue weighted by Crippen LogP contribution is 2.16. The number of rotatable bonds is 4. The highest BCUT2D eigenvalue weighted by Gasteiger charge is 2.06. The van der Waals surface area contributed by atoms with E-state index in [4.69, 9.17) is 16.7 Å². The Morgan fingerprint density at radius 2 is 2.12 bits per heavy atom. The zero-order valence-electron chi connectivity index (χ0n) is 8.79. The van der Waals surface area contributed by atoms with Crippen LogP contribution in [-0.4, -0.2) is 23.5 Å². The van der Waals surface area contributed by atoms with Crippen molar-refractivity contribution in [3.8, 4) is 0 Å². The van der Waals surface area contributed by atoms with Gasteiger partial charge >= 0.3 is 5.97 Å². The van der Waals surface area contributed by atoms with Gasteiger partial charge in [0.2, 0.25) is 5.91 Å². The molecule has 4 nitrogen and oxygen atoms in total. The van der Waals surface area contributed by atoms with Crippen LogP contribution in [-0.2, 0) is 16.0 Å². The van der Waals surface area contributed by atoms with Gasteiger partial charge in [-0.3, -0.25) is 9.59 Å². The molecule has 0 bridgehead atoms. The third-order valence-corrected chi connectivity index (χ3v) is 2.44. The predicted octanol–water partition coefficient (Wildman–Crippen LogP) is 1.39. The number of benzene rings is 1. The zero-order chi connectivity index (χ0) is 12.1. The van der Waals surface area contributed by atoms with Crippen molar-refractivity contribution in [3.05, 3.63) is 34.3 Å². The highest BCUT2D eigenvalue weighted by molar-refractivity contribution is 6.31. The van der Waals surface area contributed by atoms with Gasteiger partial charge in [-0.25, -0.2) is 0 Å². The number of amides is 1. The maximum Gasteiger partial charge on any atom is 0.322 e. The first-order valence-electron chi connectivity index (χ1n) is 4.72. The Morgan fingerprint density at radius 1 is 1.44 bits per heavy atom. The molecule has 1 rings (SSSR count). The molecule has 1 aromatic carbocycles. The number of nitrogens with one attached hydrogen (secondary N) is 1. The predicted molar refractivity (Wildman–Crippen MR) is 60.5 cm³/mol. The molecule has 0 aliphatic heterocycles. The number of aliphatic carboxylic acids is 1. The van der Waals surface area contributed by atoms with Crippen LogP contribution in [0.15, 0.2) is 18.2 Å². The minimum absolute atomic E-state index is 0.132. The van der Waals surface area contributed by atoms with Gasteiger partial charge in [-0.15, -0.1) is 0 Å². The molecule has 0 atom stereocenters. The summed E-state index contributed by atoms with van der Waals surface area (Å²) in [6, 6.07) is 5.32. The van der Waals surface area contributed by atoms with Crippen molar-refractivity contribution in [3.63, 3.8) is 0 Å². The van der Waals surface area contributed by atoms with Gasteiger partial charge in [0.1, 0.15) is 6.54 Å². The van der Waals surface area contributed by atoms with Crippen molar-refractivity contribution in [1.82, 2.24) is 5.32 Å². The van der Waals surface area contributed by atoms with Crippen LogP contribution < -0.4 is 5.32 Å². The van der Waals surface area contributed by atoms with E-state index in [9.17, 15) is 9.59 Å². The average molecular weight is 242 g/mol. The number of carbonyl (C=O) groups excluding carboxylic acids is 1. The van der Waals surface area contributed by atoms with Crippen molar-refractivity contribution < 1.29 is 14.7 Å². The second-order valence-electron chi connectivity index (χ2n) is 3.43. The fourth-order valence-corrected chi connectivity index (χ4v) is 1.37. The Kier molecular flexibility index (Phi) is 4.31. The molecule has 1 amide bonds. The fraction of sp³-hybridized carbons (Fsp3) is 0.273. The van der Waals surface area contributed by atoms with Crippen LogP contribution in [0.5, 0.6) is 0 Å². The number of hydrogen-bond acceptors (Lipinski definition) is 2. The maximum absolute atomic E-state index is 11.3. The summed E-state index contributed by atoms with van der Waals surface area (Å²) in [5, 5.41) is 11.3. The Bertz CT molecular complexity index is 418. The first-order valence-corrected chi connectivity index (χ1v) is 5.10. The second-order valence-corrected chi connectivity index (χ2v) is 3.84. The number of carboxylic acids is 1. The van der Waals surface area contributed by atoms with E-state index < -0.39 is 5.97 Å². The van der Waals surface area contributed by atoms with E-state index in [1.54, 1.807) is 12.1 Å². The Hall–Kier alpha value is -1.55. The molecule has 0 aliphatic carbocycles. The first kappa shape index (κ1) is 12.5. The van der Waals surface area contributed by atoms with Crippen molar-refractivity contribution in [1.29, 1.82) is 0 Å². The highest BCUT2D eigenvalue weighted by atomic mass is 35.5. The molecule has 0 spiro atoms. The molecule has 2 N–H and O–H groups in total. The summed E-state index contributed by atoms with van der Waals surface area (Å²) in [6.45, 7) is 1.51. The van der Waals surface area contributed by atoms with E-state index in [-0.39, 0.29) is 18.9 Å². The van der Waals surface area contributed by atoms with E-state index in [0.717, 1.165) is 11.1 Å². The number of carboxylic acid groups (broad SMARTS) is 1. The van der Waals surface area contributed by atoms with Gasteiger partial charge in [0, 0.05) is 5.02 Å². The smallest absolute Gasteiger partial charge is 0.322 e. The summed E-state index contributed by atoms with van der Waals surface area (Å²) < 4.78 is 0. The molecule has 0 saturated carbocycles. The molecule has 0 aliphatic rings. The minimum atomic E-state index is -1.06. The third kappa shape index (κ3) is 3.90.